The highest BCUT2D eigenvalue weighted by molar-refractivity contribution is 7.13. The quantitative estimate of drug-likeness (QED) is 0.776. The van der Waals surface area contributed by atoms with Gasteiger partial charge in [-0.25, -0.2) is 4.98 Å². The van der Waals surface area contributed by atoms with Crippen LogP contribution in [0.5, 0.6) is 0 Å². The number of likely N-dealkylation sites (tertiary alicyclic amines) is 1. The monoisotopic (exact) mass is 272 g/mol. The molecule has 1 saturated heterocycles. The Morgan fingerprint density at radius 2 is 2.24 bits per heavy atom. The lowest BCUT2D eigenvalue weighted by molar-refractivity contribution is 0.0695. The Labute approximate surface area is 111 Å². The predicted octanol–water partition coefficient (Wildman–Crippen LogP) is 2.93. The molecule has 0 N–H and O–H groups in total. The average molecular weight is 273 g/mol. The standard InChI is InChI=1S/C12H17ClN2OS/c1-8(13)10-3-5-15(6-4-10)12(16)11-7-14-9(2)17-11/h7-8,10H,3-6H2,1-2H3. The van der Waals surface area contributed by atoms with Crippen molar-refractivity contribution in [2.75, 3.05) is 13.1 Å². The van der Waals surface area contributed by atoms with Crippen LogP contribution in [0.3, 0.4) is 0 Å². The van der Waals surface area contributed by atoms with E-state index in [1.54, 1.807) is 6.20 Å². The van der Waals surface area contributed by atoms with E-state index in [0.717, 1.165) is 35.8 Å². The largest absolute Gasteiger partial charge is 0.338 e. The van der Waals surface area contributed by atoms with Gasteiger partial charge in [0.1, 0.15) is 4.88 Å². The second-order valence-corrected chi connectivity index (χ2v) is 6.47. The number of hydrogen-bond donors (Lipinski definition) is 0. The molecule has 3 nitrogen and oxygen atoms in total. The van der Waals surface area contributed by atoms with E-state index in [0.29, 0.717) is 5.92 Å². The lowest BCUT2D eigenvalue weighted by atomic mass is 9.94. The third-order valence-electron chi connectivity index (χ3n) is 3.31. The summed E-state index contributed by atoms with van der Waals surface area (Å²) in [7, 11) is 0. The van der Waals surface area contributed by atoms with Crippen molar-refractivity contribution >= 4 is 28.8 Å². The first-order valence-electron chi connectivity index (χ1n) is 5.93. The topological polar surface area (TPSA) is 33.2 Å². The second-order valence-electron chi connectivity index (χ2n) is 4.55. The molecule has 0 radical (unpaired) electrons. The number of nitrogens with zero attached hydrogens (tertiary/aromatic N) is 2. The summed E-state index contributed by atoms with van der Waals surface area (Å²) in [5, 5.41) is 1.15. The lowest BCUT2D eigenvalue weighted by Crippen LogP contribution is -2.39. The van der Waals surface area contributed by atoms with Gasteiger partial charge in [-0.1, -0.05) is 0 Å². The normalized spacial score (nSPS) is 19.4. The Hall–Kier alpha value is -0.610. The number of alkyl halides is 1. The van der Waals surface area contributed by atoms with Gasteiger partial charge in [0.2, 0.25) is 0 Å². The molecule has 17 heavy (non-hydrogen) atoms. The zero-order chi connectivity index (χ0) is 12.4. The van der Waals surface area contributed by atoms with E-state index in [-0.39, 0.29) is 11.3 Å². The van der Waals surface area contributed by atoms with Crippen LogP contribution in [-0.4, -0.2) is 34.3 Å². The van der Waals surface area contributed by atoms with Crippen LogP contribution in [0.15, 0.2) is 6.20 Å². The molecular formula is C12H17ClN2OS. The second kappa shape index (κ2) is 5.36. The Balaban J connectivity index is 1.95. The molecule has 94 valence electrons. The van der Waals surface area contributed by atoms with Crippen molar-refractivity contribution < 1.29 is 4.79 Å². The van der Waals surface area contributed by atoms with Gasteiger partial charge in [-0.15, -0.1) is 22.9 Å². The van der Waals surface area contributed by atoms with E-state index < -0.39 is 0 Å². The molecule has 1 unspecified atom stereocenters. The fourth-order valence-corrected chi connectivity index (χ4v) is 3.18. The van der Waals surface area contributed by atoms with Crippen molar-refractivity contribution in [2.24, 2.45) is 5.92 Å². The number of hydrogen-bond acceptors (Lipinski definition) is 3. The number of aromatic nitrogens is 1. The molecule has 1 aliphatic rings. The molecule has 1 aromatic heterocycles. The summed E-state index contributed by atoms with van der Waals surface area (Å²) in [6, 6.07) is 0. The van der Waals surface area contributed by atoms with E-state index in [4.69, 9.17) is 11.6 Å². The third kappa shape index (κ3) is 2.99. The molecule has 0 aliphatic carbocycles. The van der Waals surface area contributed by atoms with Crippen LogP contribution >= 0.6 is 22.9 Å². The minimum atomic E-state index is 0.122. The maximum Gasteiger partial charge on any atom is 0.265 e. The number of piperidine rings is 1. The number of rotatable bonds is 2. The lowest BCUT2D eigenvalue weighted by Gasteiger charge is -2.32. The molecule has 1 amide bonds. The summed E-state index contributed by atoms with van der Waals surface area (Å²) >= 11 is 7.56. The van der Waals surface area contributed by atoms with Gasteiger partial charge in [0.25, 0.3) is 5.91 Å². The summed E-state index contributed by atoms with van der Waals surface area (Å²) < 4.78 is 0. The first kappa shape index (κ1) is 12.8. The van der Waals surface area contributed by atoms with Crippen LogP contribution in [0.2, 0.25) is 0 Å². The summed E-state index contributed by atoms with van der Waals surface area (Å²) in [6.07, 6.45) is 3.70. The van der Waals surface area contributed by atoms with E-state index in [9.17, 15) is 4.79 Å². The fraction of sp³-hybridized carbons (Fsp3) is 0.667. The molecule has 0 saturated carbocycles. The van der Waals surface area contributed by atoms with E-state index >= 15 is 0 Å². The Kier molecular flexibility index (Phi) is 4.05. The number of halogens is 1. The maximum atomic E-state index is 12.2. The number of aryl methyl sites for hydroxylation is 1. The molecule has 1 aromatic rings. The van der Waals surface area contributed by atoms with Crippen LogP contribution in [-0.2, 0) is 0 Å². The highest BCUT2D eigenvalue weighted by Crippen LogP contribution is 2.25. The predicted molar refractivity (Wildman–Crippen MR) is 70.8 cm³/mol. The summed E-state index contributed by atoms with van der Waals surface area (Å²) in [4.78, 5) is 18.9. The van der Waals surface area contributed by atoms with Gasteiger partial charge in [-0.05, 0) is 32.6 Å². The van der Waals surface area contributed by atoms with Gasteiger partial charge in [0, 0.05) is 18.5 Å². The zero-order valence-corrected chi connectivity index (χ0v) is 11.7. The molecule has 1 fully saturated rings. The molecule has 2 rings (SSSR count). The van der Waals surface area contributed by atoms with E-state index in [2.05, 4.69) is 4.98 Å². The maximum absolute atomic E-state index is 12.2. The molecule has 1 atom stereocenters. The number of carbonyl (C=O) groups is 1. The Morgan fingerprint density at radius 3 is 2.71 bits per heavy atom. The Bertz CT molecular complexity index is 397. The van der Waals surface area contributed by atoms with Gasteiger partial charge < -0.3 is 4.90 Å². The summed E-state index contributed by atoms with van der Waals surface area (Å²) in [5.41, 5.74) is 0. The summed E-state index contributed by atoms with van der Waals surface area (Å²) in [6.45, 7) is 5.59. The molecular weight excluding hydrogens is 256 g/mol. The molecule has 0 bridgehead atoms. The average Bonchev–Trinajstić information content (AvgIpc) is 2.75. The minimum absolute atomic E-state index is 0.122. The summed E-state index contributed by atoms with van der Waals surface area (Å²) in [5.74, 6) is 0.667. The third-order valence-corrected chi connectivity index (χ3v) is 4.57. The number of thiazole rings is 1. The first-order chi connectivity index (χ1) is 8.08. The van der Waals surface area contributed by atoms with Gasteiger partial charge >= 0.3 is 0 Å². The SMILES string of the molecule is Cc1ncc(C(=O)N2CCC(C(C)Cl)CC2)s1. The smallest absolute Gasteiger partial charge is 0.265 e. The van der Waals surface area contributed by atoms with Gasteiger partial charge in [0.05, 0.1) is 11.2 Å². The molecule has 1 aliphatic heterocycles. The fourth-order valence-electron chi connectivity index (χ4n) is 2.18. The zero-order valence-electron chi connectivity index (χ0n) is 10.1. The van der Waals surface area contributed by atoms with Crippen LogP contribution < -0.4 is 0 Å². The van der Waals surface area contributed by atoms with Crippen molar-refractivity contribution in [3.8, 4) is 0 Å². The molecule has 2 heterocycles. The van der Waals surface area contributed by atoms with Crippen molar-refractivity contribution in [3.63, 3.8) is 0 Å². The van der Waals surface area contributed by atoms with Crippen LogP contribution in [0.1, 0.15) is 34.4 Å². The Morgan fingerprint density at radius 1 is 1.59 bits per heavy atom. The number of carbonyl (C=O) groups excluding carboxylic acids is 1. The van der Waals surface area contributed by atoms with Crippen LogP contribution in [0, 0.1) is 12.8 Å². The van der Waals surface area contributed by atoms with E-state index in [1.165, 1.54) is 11.3 Å². The van der Waals surface area contributed by atoms with E-state index in [1.807, 2.05) is 18.7 Å². The minimum Gasteiger partial charge on any atom is -0.338 e. The van der Waals surface area contributed by atoms with Crippen LogP contribution in [0.4, 0.5) is 0 Å². The van der Waals surface area contributed by atoms with Crippen molar-refractivity contribution in [1.29, 1.82) is 0 Å². The molecule has 5 heteroatoms. The molecule has 0 spiro atoms. The first-order valence-corrected chi connectivity index (χ1v) is 7.19. The highest BCUT2D eigenvalue weighted by Gasteiger charge is 2.26. The van der Waals surface area contributed by atoms with Crippen LogP contribution in [0.25, 0.3) is 0 Å². The van der Waals surface area contributed by atoms with Crippen molar-refractivity contribution in [1.82, 2.24) is 9.88 Å². The van der Waals surface area contributed by atoms with Crippen molar-refractivity contribution in [2.45, 2.75) is 32.1 Å². The van der Waals surface area contributed by atoms with Gasteiger partial charge in [-0.3, -0.25) is 4.79 Å². The van der Waals surface area contributed by atoms with Gasteiger partial charge in [-0.2, -0.15) is 0 Å². The highest BCUT2D eigenvalue weighted by atomic mass is 35.5. The number of amides is 1. The van der Waals surface area contributed by atoms with Gasteiger partial charge in [0.15, 0.2) is 0 Å². The molecule has 0 aromatic carbocycles. The van der Waals surface area contributed by atoms with Crippen molar-refractivity contribution in [3.05, 3.63) is 16.1 Å².